The molecule has 0 unspecified atom stereocenters. The molecule has 0 spiro atoms. The van der Waals surface area contributed by atoms with Crippen molar-refractivity contribution >= 4 is 10.9 Å². The van der Waals surface area contributed by atoms with Gasteiger partial charge in [-0.05, 0) is 28.2 Å². The first-order chi connectivity index (χ1) is 6.45. The molecular weight excluding hydrogens is 176 g/mol. The van der Waals surface area contributed by atoms with Crippen LogP contribution < -0.4 is 0 Å². The van der Waals surface area contributed by atoms with Crippen molar-refractivity contribution in [3.63, 3.8) is 0 Å². The van der Waals surface area contributed by atoms with Crippen LogP contribution in [-0.2, 0) is 0 Å². The van der Waals surface area contributed by atoms with E-state index in [0.29, 0.717) is 0 Å². The highest BCUT2D eigenvalue weighted by molar-refractivity contribution is 8.26. The third kappa shape index (κ3) is 2.27. The standard InChI is InChI=1S/C12H10S/c1-2-6-12(7-3-1)8-11-13-9-4-5-10-13/h1-7,9-10,13H. The van der Waals surface area contributed by atoms with E-state index in [1.54, 1.807) is 0 Å². The molecule has 1 aliphatic heterocycles. The smallest absolute Gasteiger partial charge is 0.0253 e. The van der Waals surface area contributed by atoms with E-state index in [1.807, 2.05) is 30.3 Å². The third-order valence-corrected chi connectivity index (χ3v) is 3.06. The lowest BCUT2D eigenvalue weighted by atomic mass is 10.2. The molecule has 1 aliphatic rings. The van der Waals surface area contributed by atoms with Gasteiger partial charge in [0.05, 0.1) is 0 Å². The largest absolute Gasteiger partial charge is 0.148 e. The summed E-state index contributed by atoms with van der Waals surface area (Å²) in [5.74, 6) is 3.16. The Morgan fingerprint density at radius 2 is 1.62 bits per heavy atom. The van der Waals surface area contributed by atoms with E-state index in [4.69, 9.17) is 0 Å². The van der Waals surface area contributed by atoms with E-state index >= 15 is 0 Å². The first kappa shape index (κ1) is 8.22. The molecule has 0 nitrogen and oxygen atoms in total. The SMILES string of the molecule is C(#C[SH]1C=CC=C1)c1ccccc1. The molecule has 2 rings (SSSR count). The lowest BCUT2D eigenvalue weighted by molar-refractivity contribution is 1.65. The summed E-state index contributed by atoms with van der Waals surface area (Å²) in [4.78, 5) is 0. The second-order valence-corrected chi connectivity index (χ2v) is 4.33. The molecular formula is C12H10S. The van der Waals surface area contributed by atoms with Gasteiger partial charge in [-0.2, -0.15) is 0 Å². The maximum Gasteiger partial charge on any atom is 0.0253 e. The molecule has 64 valence electrons. The Bertz CT molecular complexity index is 378. The molecule has 0 fully saturated rings. The quantitative estimate of drug-likeness (QED) is 0.467. The van der Waals surface area contributed by atoms with Crippen molar-refractivity contribution in [3.8, 4) is 11.2 Å². The molecule has 0 aliphatic carbocycles. The van der Waals surface area contributed by atoms with Crippen LogP contribution in [0.1, 0.15) is 5.56 Å². The molecule has 0 aromatic heterocycles. The summed E-state index contributed by atoms with van der Waals surface area (Å²) < 4.78 is 0. The molecule has 1 aromatic carbocycles. The summed E-state index contributed by atoms with van der Waals surface area (Å²) in [6.45, 7) is 0. The van der Waals surface area contributed by atoms with Gasteiger partial charge >= 0.3 is 0 Å². The molecule has 0 N–H and O–H groups in total. The fourth-order valence-corrected chi connectivity index (χ4v) is 2.14. The highest BCUT2D eigenvalue weighted by Crippen LogP contribution is 2.30. The van der Waals surface area contributed by atoms with Gasteiger partial charge in [-0.15, -0.1) is 10.9 Å². The molecule has 0 amide bonds. The van der Waals surface area contributed by atoms with Crippen LogP contribution in [0.5, 0.6) is 0 Å². The minimum atomic E-state index is -0.291. The maximum atomic E-state index is 3.24. The van der Waals surface area contributed by atoms with Gasteiger partial charge in [-0.3, -0.25) is 0 Å². The number of allylic oxidation sites excluding steroid dienone is 2. The lowest BCUT2D eigenvalue weighted by Gasteiger charge is -1.95. The average Bonchev–Trinajstić information content (AvgIpc) is 2.69. The van der Waals surface area contributed by atoms with E-state index in [1.165, 1.54) is 0 Å². The summed E-state index contributed by atoms with van der Waals surface area (Å²) in [7, 11) is -0.291. The Morgan fingerprint density at radius 1 is 0.923 bits per heavy atom. The van der Waals surface area contributed by atoms with Crippen LogP contribution >= 0.6 is 10.9 Å². The molecule has 0 saturated heterocycles. The van der Waals surface area contributed by atoms with Crippen LogP contribution in [0.25, 0.3) is 0 Å². The van der Waals surface area contributed by atoms with Crippen molar-refractivity contribution in [3.05, 3.63) is 58.9 Å². The van der Waals surface area contributed by atoms with E-state index in [2.05, 4.69) is 34.1 Å². The zero-order valence-electron chi connectivity index (χ0n) is 7.14. The van der Waals surface area contributed by atoms with Gasteiger partial charge in [0, 0.05) is 5.56 Å². The molecule has 0 atom stereocenters. The Kier molecular flexibility index (Phi) is 2.54. The molecule has 1 heteroatoms. The molecule has 0 saturated carbocycles. The van der Waals surface area contributed by atoms with Crippen LogP contribution in [-0.4, -0.2) is 0 Å². The summed E-state index contributed by atoms with van der Waals surface area (Å²) in [6.07, 6.45) is 4.12. The summed E-state index contributed by atoms with van der Waals surface area (Å²) in [5.41, 5.74) is 1.10. The fraction of sp³-hybridized carbons (Fsp3) is 0. The van der Waals surface area contributed by atoms with Gasteiger partial charge in [0.1, 0.15) is 0 Å². The van der Waals surface area contributed by atoms with Crippen molar-refractivity contribution < 1.29 is 0 Å². The molecule has 13 heavy (non-hydrogen) atoms. The van der Waals surface area contributed by atoms with Crippen LogP contribution in [0.2, 0.25) is 0 Å². The maximum absolute atomic E-state index is 3.24. The van der Waals surface area contributed by atoms with Gasteiger partial charge < -0.3 is 0 Å². The van der Waals surface area contributed by atoms with Crippen LogP contribution in [0, 0.1) is 11.2 Å². The second kappa shape index (κ2) is 4.02. The minimum absolute atomic E-state index is 0.291. The predicted molar refractivity (Wildman–Crippen MR) is 60.6 cm³/mol. The van der Waals surface area contributed by atoms with Gasteiger partial charge in [-0.1, -0.05) is 36.3 Å². The number of thiol groups is 1. The fourth-order valence-electron chi connectivity index (χ4n) is 1.06. The minimum Gasteiger partial charge on any atom is -0.148 e. The zero-order chi connectivity index (χ0) is 8.93. The van der Waals surface area contributed by atoms with Crippen molar-refractivity contribution in [2.24, 2.45) is 0 Å². The third-order valence-electron chi connectivity index (χ3n) is 1.71. The highest BCUT2D eigenvalue weighted by Gasteiger charge is 1.91. The number of rotatable bonds is 0. The normalized spacial score (nSPS) is 15.5. The molecule has 0 radical (unpaired) electrons. The van der Waals surface area contributed by atoms with Crippen molar-refractivity contribution in [1.29, 1.82) is 0 Å². The molecule has 0 bridgehead atoms. The lowest BCUT2D eigenvalue weighted by Crippen LogP contribution is -1.69. The van der Waals surface area contributed by atoms with E-state index in [9.17, 15) is 0 Å². The van der Waals surface area contributed by atoms with Crippen molar-refractivity contribution in [2.45, 2.75) is 0 Å². The van der Waals surface area contributed by atoms with Crippen LogP contribution in [0.15, 0.2) is 53.3 Å². The zero-order valence-corrected chi connectivity index (χ0v) is 8.04. The summed E-state index contributed by atoms with van der Waals surface area (Å²) in [5, 5.41) is 7.56. The monoisotopic (exact) mass is 186 g/mol. The highest BCUT2D eigenvalue weighted by atomic mass is 32.2. The summed E-state index contributed by atoms with van der Waals surface area (Å²) >= 11 is 0. The Balaban J connectivity index is 2.13. The van der Waals surface area contributed by atoms with Gasteiger partial charge in [-0.25, -0.2) is 0 Å². The van der Waals surface area contributed by atoms with Gasteiger partial charge in [0.2, 0.25) is 0 Å². The topological polar surface area (TPSA) is 0 Å². The van der Waals surface area contributed by atoms with Crippen LogP contribution in [0.4, 0.5) is 0 Å². The summed E-state index contributed by atoms with van der Waals surface area (Å²) in [6, 6.07) is 10.1. The first-order valence-corrected chi connectivity index (χ1v) is 5.63. The molecule has 1 heterocycles. The van der Waals surface area contributed by atoms with Crippen LogP contribution in [0.3, 0.4) is 0 Å². The van der Waals surface area contributed by atoms with Crippen molar-refractivity contribution in [2.75, 3.05) is 0 Å². The van der Waals surface area contributed by atoms with E-state index < -0.39 is 0 Å². The van der Waals surface area contributed by atoms with Gasteiger partial charge in [0.15, 0.2) is 0 Å². The first-order valence-electron chi connectivity index (χ1n) is 4.15. The Hall–Kier alpha value is -1.39. The predicted octanol–water partition coefficient (Wildman–Crippen LogP) is 3.04. The van der Waals surface area contributed by atoms with E-state index in [-0.39, 0.29) is 10.9 Å². The average molecular weight is 186 g/mol. The Labute approximate surface area is 81.3 Å². The number of benzene rings is 1. The van der Waals surface area contributed by atoms with Gasteiger partial charge in [0.25, 0.3) is 0 Å². The Morgan fingerprint density at radius 3 is 2.31 bits per heavy atom. The number of hydrogen-bond acceptors (Lipinski definition) is 0. The van der Waals surface area contributed by atoms with E-state index in [0.717, 1.165) is 5.56 Å². The number of hydrogen-bond donors (Lipinski definition) is 1. The second-order valence-electron chi connectivity index (χ2n) is 2.69. The van der Waals surface area contributed by atoms with Crippen molar-refractivity contribution in [1.82, 2.24) is 0 Å². The molecule has 1 aromatic rings.